The maximum Gasteiger partial charge on any atom is 0.431 e. The minimum absolute atomic E-state index is 0.253. The van der Waals surface area contributed by atoms with E-state index in [-0.39, 0.29) is 12.7 Å². The van der Waals surface area contributed by atoms with Gasteiger partial charge in [0, 0.05) is 22.5 Å². The third-order valence-electron chi connectivity index (χ3n) is 5.55. The van der Waals surface area contributed by atoms with Crippen molar-refractivity contribution in [1.29, 1.82) is 0 Å². The lowest BCUT2D eigenvalue weighted by Gasteiger charge is -2.39. The highest BCUT2D eigenvalue weighted by atomic mass is 19.1. The molecular weight excluding hydrogens is 348 g/mol. The SMILES string of the molecule is Fc1cccc2c1-c1cccc3c1B(O2)c1ccccc1N3c1ccccc1. The molecule has 0 saturated carbocycles. The van der Waals surface area contributed by atoms with Gasteiger partial charge < -0.3 is 9.55 Å². The molecule has 2 heterocycles. The molecule has 0 bridgehead atoms. The topological polar surface area (TPSA) is 12.5 Å². The summed E-state index contributed by atoms with van der Waals surface area (Å²) < 4.78 is 21.1. The summed E-state index contributed by atoms with van der Waals surface area (Å²) in [5.41, 5.74) is 6.73. The van der Waals surface area contributed by atoms with Gasteiger partial charge in [0.25, 0.3) is 0 Å². The van der Waals surface area contributed by atoms with E-state index >= 15 is 0 Å². The fourth-order valence-corrected chi connectivity index (χ4v) is 4.41. The van der Waals surface area contributed by atoms with Crippen LogP contribution in [0.1, 0.15) is 0 Å². The highest BCUT2D eigenvalue weighted by Crippen LogP contribution is 2.43. The Morgan fingerprint density at radius 1 is 0.714 bits per heavy atom. The zero-order valence-electron chi connectivity index (χ0n) is 15.0. The number of halogens is 1. The van der Waals surface area contributed by atoms with Gasteiger partial charge in [-0.25, -0.2) is 4.39 Å². The fourth-order valence-electron chi connectivity index (χ4n) is 4.41. The van der Waals surface area contributed by atoms with Crippen molar-refractivity contribution >= 4 is 34.9 Å². The van der Waals surface area contributed by atoms with Crippen molar-refractivity contribution in [3.05, 3.63) is 96.8 Å². The lowest BCUT2D eigenvalue weighted by atomic mass is 9.49. The van der Waals surface area contributed by atoms with Gasteiger partial charge in [-0.2, -0.15) is 0 Å². The predicted molar refractivity (Wildman–Crippen MR) is 112 cm³/mol. The van der Waals surface area contributed by atoms with Crippen molar-refractivity contribution in [3.63, 3.8) is 0 Å². The Balaban J connectivity index is 1.71. The largest absolute Gasteiger partial charge is 0.551 e. The Labute approximate surface area is 162 Å². The molecule has 0 radical (unpaired) electrons. The molecule has 4 heteroatoms. The summed E-state index contributed by atoms with van der Waals surface area (Å²) >= 11 is 0. The molecule has 0 atom stereocenters. The lowest BCUT2D eigenvalue weighted by molar-refractivity contribution is 0.571. The Bertz CT molecular complexity index is 1220. The van der Waals surface area contributed by atoms with E-state index in [1.165, 1.54) is 6.07 Å². The molecule has 0 amide bonds. The summed E-state index contributed by atoms with van der Waals surface area (Å²) in [6.07, 6.45) is 0. The monoisotopic (exact) mass is 363 g/mol. The number of para-hydroxylation sites is 2. The van der Waals surface area contributed by atoms with Crippen LogP contribution in [0.3, 0.4) is 0 Å². The van der Waals surface area contributed by atoms with Crippen LogP contribution in [0.15, 0.2) is 91.0 Å². The van der Waals surface area contributed by atoms with Gasteiger partial charge in [-0.3, -0.25) is 0 Å². The van der Waals surface area contributed by atoms with Crippen LogP contribution in [0.2, 0.25) is 0 Å². The molecule has 0 fully saturated rings. The van der Waals surface area contributed by atoms with Gasteiger partial charge >= 0.3 is 6.92 Å². The maximum absolute atomic E-state index is 14.8. The van der Waals surface area contributed by atoms with E-state index in [4.69, 9.17) is 4.65 Å². The van der Waals surface area contributed by atoms with Gasteiger partial charge in [0.1, 0.15) is 11.6 Å². The molecule has 2 nitrogen and oxygen atoms in total. The molecule has 0 aromatic heterocycles. The Hall–Kier alpha value is -3.53. The van der Waals surface area contributed by atoms with E-state index in [0.717, 1.165) is 33.6 Å². The second-order valence-electron chi connectivity index (χ2n) is 7.08. The summed E-state index contributed by atoms with van der Waals surface area (Å²) in [4.78, 5) is 2.24. The average molecular weight is 363 g/mol. The molecule has 0 N–H and O–H groups in total. The van der Waals surface area contributed by atoms with Crippen molar-refractivity contribution in [3.8, 4) is 16.9 Å². The standard InChI is InChI=1S/C24H15BFNO/c26-19-12-7-15-22-23(19)17-10-6-14-21-24(17)25(28-22)18-11-4-5-13-20(18)27(21)16-8-2-1-3-9-16/h1-15H. The predicted octanol–water partition coefficient (Wildman–Crippen LogP) is 4.77. The molecule has 28 heavy (non-hydrogen) atoms. The molecule has 2 aliphatic heterocycles. The van der Waals surface area contributed by atoms with Gasteiger partial charge in [0.15, 0.2) is 0 Å². The van der Waals surface area contributed by atoms with E-state index in [1.807, 2.05) is 48.5 Å². The summed E-state index contributed by atoms with van der Waals surface area (Å²) in [7, 11) is 0. The van der Waals surface area contributed by atoms with Crippen LogP contribution in [-0.4, -0.2) is 6.92 Å². The van der Waals surface area contributed by atoms with Gasteiger partial charge in [0.05, 0.1) is 5.56 Å². The molecule has 4 aromatic carbocycles. The van der Waals surface area contributed by atoms with Crippen molar-refractivity contribution in [1.82, 2.24) is 0 Å². The molecule has 132 valence electrons. The average Bonchev–Trinajstić information content (AvgIpc) is 2.75. The van der Waals surface area contributed by atoms with Crippen molar-refractivity contribution in [2.75, 3.05) is 4.90 Å². The van der Waals surface area contributed by atoms with Gasteiger partial charge in [-0.15, -0.1) is 0 Å². The zero-order chi connectivity index (χ0) is 18.7. The lowest BCUT2D eigenvalue weighted by Crippen LogP contribution is -2.56. The quantitative estimate of drug-likeness (QED) is 0.452. The third-order valence-corrected chi connectivity index (χ3v) is 5.55. The van der Waals surface area contributed by atoms with Crippen molar-refractivity contribution in [2.45, 2.75) is 0 Å². The first-order valence-electron chi connectivity index (χ1n) is 9.35. The molecule has 0 unspecified atom stereocenters. The smallest absolute Gasteiger partial charge is 0.431 e. The molecule has 6 rings (SSSR count). The molecule has 0 saturated heterocycles. The van der Waals surface area contributed by atoms with E-state index in [2.05, 4.69) is 35.2 Å². The van der Waals surface area contributed by atoms with E-state index in [1.54, 1.807) is 6.07 Å². The number of anilines is 3. The first-order valence-corrected chi connectivity index (χ1v) is 9.35. The van der Waals surface area contributed by atoms with Crippen LogP contribution in [-0.2, 0) is 0 Å². The Kier molecular flexibility index (Phi) is 3.18. The minimum Gasteiger partial charge on any atom is -0.551 e. The number of hydrogen-bond acceptors (Lipinski definition) is 2. The zero-order valence-corrected chi connectivity index (χ0v) is 15.0. The van der Waals surface area contributed by atoms with Crippen molar-refractivity contribution < 1.29 is 9.04 Å². The number of rotatable bonds is 1. The van der Waals surface area contributed by atoms with E-state index < -0.39 is 0 Å². The van der Waals surface area contributed by atoms with Gasteiger partial charge in [-0.1, -0.05) is 54.6 Å². The molecule has 2 aliphatic rings. The first kappa shape index (κ1) is 15.5. The number of benzene rings is 4. The Morgan fingerprint density at radius 3 is 2.36 bits per heavy atom. The van der Waals surface area contributed by atoms with Crippen LogP contribution in [0.25, 0.3) is 11.1 Å². The van der Waals surface area contributed by atoms with Gasteiger partial charge in [0.2, 0.25) is 0 Å². The number of fused-ring (bicyclic) bond motifs is 4. The number of nitrogens with zero attached hydrogens (tertiary/aromatic N) is 1. The number of hydrogen-bond donors (Lipinski definition) is 0. The summed E-state index contributed by atoms with van der Waals surface area (Å²) in [6, 6.07) is 29.7. The molecule has 4 aromatic rings. The minimum atomic E-state index is -0.255. The first-order chi connectivity index (χ1) is 13.8. The van der Waals surface area contributed by atoms with Crippen LogP contribution in [0.5, 0.6) is 5.75 Å². The third kappa shape index (κ3) is 2.03. The summed E-state index contributed by atoms with van der Waals surface area (Å²) in [6.45, 7) is -0.253. The van der Waals surface area contributed by atoms with E-state index in [9.17, 15) is 4.39 Å². The summed E-state index contributed by atoms with van der Waals surface area (Å²) in [5.74, 6) is 0.340. The molecule has 0 spiro atoms. The fraction of sp³-hybridized carbons (Fsp3) is 0. The second-order valence-corrected chi connectivity index (χ2v) is 7.08. The van der Waals surface area contributed by atoms with Gasteiger partial charge in [-0.05, 0) is 47.4 Å². The van der Waals surface area contributed by atoms with Crippen LogP contribution >= 0.6 is 0 Å². The highest BCUT2D eigenvalue weighted by molar-refractivity contribution is 6.85. The van der Waals surface area contributed by atoms with Crippen molar-refractivity contribution in [2.24, 2.45) is 0 Å². The maximum atomic E-state index is 14.8. The van der Waals surface area contributed by atoms with Crippen LogP contribution in [0, 0.1) is 5.82 Å². The molecule has 0 aliphatic carbocycles. The highest BCUT2D eigenvalue weighted by Gasteiger charge is 2.42. The summed E-state index contributed by atoms with van der Waals surface area (Å²) in [5, 5.41) is 0. The molecular formula is C24H15BFNO. The van der Waals surface area contributed by atoms with Crippen LogP contribution < -0.4 is 20.5 Å². The van der Waals surface area contributed by atoms with E-state index in [0.29, 0.717) is 11.3 Å². The second kappa shape index (κ2) is 5.73. The Morgan fingerprint density at radius 2 is 1.46 bits per heavy atom. The van der Waals surface area contributed by atoms with Crippen LogP contribution in [0.4, 0.5) is 21.5 Å². The normalized spacial score (nSPS) is 13.3.